The number of carbonyl (C=O) groups excluding carboxylic acids is 1. The molecule has 0 unspecified atom stereocenters. The Labute approximate surface area is 176 Å². The van der Waals surface area contributed by atoms with E-state index < -0.39 is 5.97 Å². The van der Waals surface area contributed by atoms with Gasteiger partial charge in [0.1, 0.15) is 5.75 Å². The summed E-state index contributed by atoms with van der Waals surface area (Å²) in [4.78, 5) is 22.8. The minimum Gasteiger partial charge on any atom is -0.492 e. The third-order valence-electron chi connectivity index (χ3n) is 4.87. The topological polar surface area (TPSA) is 76.6 Å². The Hall–Kier alpha value is -2.38. The van der Waals surface area contributed by atoms with Crippen molar-refractivity contribution in [1.82, 2.24) is 14.9 Å². The molecule has 0 saturated carbocycles. The summed E-state index contributed by atoms with van der Waals surface area (Å²) in [5.74, 6) is 0.756. The van der Waals surface area contributed by atoms with Crippen LogP contribution in [0.1, 0.15) is 41.5 Å². The summed E-state index contributed by atoms with van der Waals surface area (Å²) < 4.78 is 10.3. The molecule has 8 heteroatoms. The van der Waals surface area contributed by atoms with Crippen LogP contribution in [0, 0.1) is 6.92 Å². The number of halogens is 1. The summed E-state index contributed by atoms with van der Waals surface area (Å²) in [6, 6.07) is 7.85. The molecule has 1 N–H and O–H groups in total. The van der Waals surface area contributed by atoms with Gasteiger partial charge in [-0.15, -0.1) is 0 Å². The average Bonchev–Trinajstić information content (AvgIpc) is 2.71. The number of anilines is 1. The quantitative estimate of drug-likeness (QED) is 0.687. The molecule has 156 valence electrons. The molecule has 2 aromatic rings. The van der Waals surface area contributed by atoms with Gasteiger partial charge in [-0.1, -0.05) is 17.7 Å². The van der Waals surface area contributed by atoms with Gasteiger partial charge in [-0.3, -0.25) is 4.90 Å². The summed E-state index contributed by atoms with van der Waals surface area (Å²) in [6.45, 7) is 7.16. The second kappa shape index (κ2) is 9.89. The van der Waals surface area contributed by atoms with Crippen molar-refractivity contribution in [1.29, 1.82) is 0 Å². The molecule has 0 aliphatic carbocycles. The fourth-order valence-corrected chi connectivity index (χ4v) is 3.60. The van der Waals surface area contributed by atoms with Crippen molar-refractivity contribution in [2.24, 2.45) is 0 Å². The Morgan fingerprint density at radius 3 is 2.72 bits per heavy atom. The molecule has 3 rings (SSSR count). The van der Waals surface area contributed by atoms with Crippen LogP contribution < -0.4 is 10.1 Å². The van der Waals surface area contributed by atoms with Crippen LogP contribution in [0.2, 0.25) is 5.02 Å². The van der Waals surface area contributed by atoms with E-state index in [0.717, 1.165) is 43.9 Å². The number of carbonyl (C=O) groups is 1. The van der Waals surface area contributed by atoms with E-state index in [0.29, 0.717) is 17.6 Å². The highest BCUT2D eigenvalue weighted by atomic mass is 35.5. The molecule has 1 aliphatic rings. The van der Waals surface area contributed by atoms with E-state index in [9.17, 15) is 4.79 Å². The average molecular weight is 419 g/mol. The minimum absolute atomic E-state index is 0.266. The van der Waals surface area contributed by atoms with Crippen LogP contribution in [0.5, 0.6) is 5.75 Å². The maximum Gasteiger partial charge on any atom is 0.356 e. The van der Waals surface area contributed by atoms with E-state index in [4.69, 9.17) is 21.1 Å². The van der Waals surface area contributed by atoms with Crippen molar-refractivity contribution in [2.45, 2.75) is 39.3 Å². The first-order chi connectivity index (χ1) is 14.0. The van der Waals surface area contributed by atoms with Crippen LogP contribution in [-0.4, -0.2) is 53.7 Å². The second-order valence-corrected chi connectivity index (χ2v) is 7.51. The fourth-order valence-electron chi connectivity index (χ4n) is 3.43. The first-order valence-corrected chi connectivity index (χ1v) is 10.2. The smallest absolute Gasteiger partial charge is 0.356 e. The highest BCUT2D eigenvalue weighted by molar-refractivity contribution is 6.32. The predicted molar refractivity (Wildman–Crippen MR) is 113 cm³/mol. The predicted octanol–water partition coefficient (Wildman–Crippen LogP) is 3.70. The van der Waals surface area contributed by atoms with Gasteiger partial charge in [0.25, 0.3) is 0 Å². The zero-order chi connectivity index (χ0) is 20.8. The molecule has 1 saturated heterocycles. The van der Waals surface area contributed by atoms with Crippen LogP contribution in [-0.2, 0) is 11.3 Å². The second-order valence-electron chi connectivity index (χ2n) is 7.10. The van der Waals surface area contributed by atoms with E-state index in [1.165, 1.54) is 12.7 Å². The zero-order valence-corrected chi connectivity index (χ0v) is 17.8. The molecule has 0 amide bonds. The molecule has 1 aliphatic heterocycles. The molecule has 2 heterocycles. The van der Waals surface area contributed by atoms with E-state index in [1.54, 1.807) is 6.07 Å². The number of nitrogens with one attached hydrogen (secondary N) is 1. The molecule has 7 nitrogen and oxygen atoms in total. The largest absolute Gasteiger partial charge is 0.492 e. The highest BCUT2D eigenvalue weighted by Crippen LogP contribution is 2.27. The Kier molecular flexibility index (Phi) is 7.28. The highest BCUT2D eigenvalue weighted by Gasteiger charge is 2.21. The Balaban J connectivity index is 1.55. The number of ether oxygens (including phenoxy) is 2. The van der Waals surface area contributed by atoms with E-state index in [2.05, 4.69) is 20.2 Å². The first-order valence-electron chi connectivity index (χ1n) is 9.82. The van der Waals surface area contributed by atoms with Gasteiger partial charge in [0.05, 0.1) is 18.7 Å². The summed E-state index contributed by atoms with van der Waals surface area (Å²) >= 11 is 6.18. The lowest BCUT2D eigenvalue weighted by atomic mass is 10.0. The molecule has 0 radical (unpaired) electrons. The van der Waals surface area contributed by atoms with Crippen LogP contribution >= 0.6 is 11.6 Å². The number of piperidine rings is 1. The van der Waals surface area contributed by atoms with Gasteiger partial charge >= 0.3 is 5.97 Å². The summed E-state index contributed by atoms with van der Waals surface area (Å²) in [7, 11) is 1.35. The molecular formula is C21H27ClN4O3. The van der Waals surface area contributed by atoms with E-state index in [-0.39, 0.29) is 11.7 Å². The van der Waals surface area contributed by atoms with Gasteiger partial charge in [0, 0.05) is 31.4 Å². The van der Waals surface area contributed by atoms with Crippen LogP contribution in [0.3, 0.4) is 0 Å². The standard InChI is InChI=1S/C21H27ClN4O3/c1-4-29-19-12-15(5-6-17(19)22)13-26-9-7-16(8-10-26)24-21-23-14(2)11-18(25-21)20(27)28-3/h5-6,11-12,16H,4,7-10,13H2,1-3H3,(H,23,24,25). The third-order valence-corrected chi connectivity index (χ3v) is 5.18. The van der Waals surface area contributed by atoms with E-state index in [1.807, 2.05) is 32.0 Å². The lowest BCUT2D eigenvalue weighted by molar-refractivity contribution is 0.0594. The molecule has 1 fully saturated rings. The summed E-state index contributed by atoms with van der Waals surface area (Å²) in [5, 5.41) is 4.01. The fraction of sp³-hybridized carbons (Fsp3) is 0.476. The third kappa shape index (κ3) is 5.81. The molecule has 0 atom stereocenters. The van der Waals surface area contributed by atoms with Gasteiger partial charge in [-0.05, 0) is 50.5 Å². The van der Waals surface area contributed by atoms with Gasteiger partial charge < -0.3 is 14.8 Å². The Bertz CT molecular complexity index is 854. The molecule has 1 aromatic heterocycles. The first kappa shape index (κ1) is 21.3. The van der Waals surface area contributed by atoms with Crippen LogP contribution in [0.4, 0.5) is 5.95 Å². The van der Waals surface area contributed by atoms with Gasteiger partial charge in [0.15, 0.2) is 5.69 Å². The van der Waals surface area contributed by atoms with Crippen LogP contribution in [0.25, 0.3) is 0 Å². The summed E-state index contributed by atoms with van der Waals surface area (Å²) in [5.41, 5.74) is 2.19. The maximum absolute atomic E-state index is 11.7. The molecule has 0 spiro atoms. The minimum atomic E-state index is -0.456. The number of likely N-dealkylation sites (tertiary alicyclic amines) is 1. The number of aromatic nitrogens is 2. The lowest BCUT2D eigenvalue weighted by Crippen LogP contribution is -2.39. The number of aryl methyl sites for hydroxylation is 1. The molecule has 1 aromatic carbocycles. The number of esters is 1. The lowest BCUT2D eigenvalue weighted by Gasteiger charge is -2.32. The van der Waals surface area contributed by atoms with Crippen molar-refractivity contribution in [3.8, 4) is 5.75 Å². The monoisotopic (exact) mass is 418 g/mol. The number of hydrogen-bond acceptors (Lipinski definition) is 7. The molecule has 0 bridgehead atoms. The van der Waals surface area contributed by atoms with Gasteiger partial charge in [0.2, 0.25) is 5.95 Å². The number of methoxy groups -OCH3 is 1. The zero-order valence-electron chi connectivity index (χ0n) is 17.1. The maximum atomic E-state index is 11.7. The van der Waals surface area contributed by atoms with Crippen molar-refractivity contribution in [3.05, 3.63) is 46.2 Å². The van der Waals surface area contributed by atoms with Crippen molar-refractivity contribution in [3.63, 3.8) is 0 Å². The van der Waals surface area contributed by atoms with Crippen molar-refractivity contribution in [2.75, 3.05) is 32.1 Å². The summed E-state index contributed by atoms with van der Waals surface area (Å²) in [6.07, 6.45) is 1.94. The molecular weight excluding hydrogens is 392 g/mol. The number of rotatable bonds is 7. The molecule has 29 heavy (non-hydrogen) atoms. The number of benzene rings is 1. The van der Waals surface area contributed by atoms with Gasteiger partial charge in [-0.25, -0.2) is 14.8 Å². The van der Waals surface area contributed by atoms with E-state index >= 15 is 0 Å². The Morgan fingerprint density at radius 1 is 1.28 bits per heavy atom. The van der Waals surface area contributed by atoms with Crippen molar-refractivity contribution < 1.29 is 14.3 Å². The number of nitrogens with zero attached hydrogens (tertiary/aromatic N) is 3. The Morgan fingerprint density at radius 2 is 2.03 bits per heavy atom. The SMILES string of the molecule is CCOc1cc(CN2CCC(Nc3nc(C)cc(C(=O)OC)n3)CC2)ccc1Cl. The number of hydrogen-bond donors (Lipinski definition) is 1. The van der Waals surface area contributed by atoms with Crippen LogP contribution in [0.15, 0.2) is 24.3 Å². The van der Waals surface area contributed by atoms with Gasteiger partial charge in [-0.2, -0.15) is 0 Å². The normalized spacial score (nSPS) is 15.2. The van der Waals surface area contributed by atoms with Crippen molar-refractivity contribution >= 4 is 23.5 Å².